The molecule has 0 spiro atoms. The first kappa shape index (κ1) is 16.1. The predicted octanol–water partition coefficient (Wildman–Crippen LogP) is 3.55. The van der Waals surface area contributed by atoms with Crippen molar-refractivity contribution in [2.45, 2.75) is 44.6 Å². The first-order chi connectivity index (χ1) is 11.4. The van der Waals surface area contributed by atoms with Gasteiger partial charge in [-0.1, -0.05) is 42.5 Å². The molecule has 0 aromatic heterocycles. The van der Waals surface area contributed by atoms with E-state index < -0.39 is 0 Å². The van der Waals surface area contributed by atoms with Crippen LogP contribution in [0.1, 0.15) is 43.2 Å². The van der Waals surface area contributed by atoms with Gasteiger partial charge < -0.3 is 10.1 Å². The summed E-state index contributed by atoms with van der Waals surface area (Å²) in [5.41, 5.74) is 2.68. The second-order valence-electron chi connectivity index (χ2n) is 6.58. The highest BCUT2D eigenvalue weighted by Crippen LogP contribution is 2.16. The van der Waals surface area contributed by atoms with Crippen LogP contribution in [0.2, 0.25) is 0 Å². The van der Waals surface area contributed by atoms with Gasteiger partial charge in [0.1, 0.15) is 5.75 Å². The molecule has 23 heavy (non-hydrogen) atoms. The van der Waals surface area contributed by atoms with Gasteiger partial charge in [-0.05, 0) is 55.4 Å². The van der Waals surface area contributed by atoms with Crippen LogP contribution in [0.5, 0.6) is 5.75 Å². The lowest BCUT2D eigenvalue weighted by atomic mass is 10.1. The van der Waals surface area contributed by atoms with Gasteiger partial charge in [-0.2, -0.15) is 0 Å². The Morgan fingerprint density at radius 1 is 0.870 bits per heavy atom. The third kappa shape index (κ3) is 5.40. The molecule has 1 fully saturated rings. The molecule has 0 atom stereocenters. The third-order valence-electron chi connectivity index (χ3n) is 4.69. The van der Waals surface area contributed by atoms with Crippen molar-refractivity contribution in [1.29, 1.82) is 0 Å². The highest BCUT2D eigenvalue weighted by molar-refractivity contribution is 5.31. The van der Waals surface area contributed by atoms with E-state index in [9.17, 15) is 0 Å². The van der Waals surface area contributed by atoms with Crippen molar-refractivity contribution < 1.29 is 10.1 Å². The van der Waals surface area contributed by atoms with E-state index in [1.54, 1.807) is 0 Å². The van der Waals surface area contributed by atoms with E-state index in [-0.39, 0.29) is 0 Å². The van der Waals surface area contributed by atoms with Crippen molar-refractivity contribution in [2.24, 2.45) is 0 Å². The molecule has 1 aliphatic carbocycles. The summed E-state index contributed by atoms with van der Waals surface area (Å²) >= 11 is 0. The zero-order valence-electron chi connectivity index (χ0n) is 13.9. The smallest absolute Gasteiger partial charge is 0.119 e. The minimum atomic E-state index is 0.821. The molecule has 0 amide bonds. The fraction of sp³-hybridized carbons (Fsp3) is 0.429. The molecule has 1 aliphatic rings. The lowest BCUT2D eigenvalue weighted by Crippen LogP contribution is -2.89. The lowest BCUT2D eigenvalue weighted by molar-refractivity contribution is -0.688. The molecule has 1 saturated carbocycles. The van der Waals surface area contributed by atoms with E-state index in [0.29, 0.717) is 0 Å². The Balaban J connectivity index is 1.36. The van der Waals surface area contributed by atoms with Crippen molar-refractivity contribution in [2.75, 3.05) is 13.2 Å². The van der Waals surface area contributed by atoms with Crippen LogP contribution in [0.15, 0.2) is 54.6 Å². The predicted molar refractivity (Wildman–Crippen MR) is 94.9 cm³/mol. The molecular formula is C21H28NO+. The van der Waals surface area contributed by atoms with Crippen LogP contribution in [-0.2, 0) is 6.42 Å². The molecular weight excluding hydrogens is 282 g/mol. The molecule has 0 aliphatic heterocycles. The summed E-state index contributed by atoms with van der Waals surface area (Å²) in [6.45, 7) is 2.01. The summed E-state index contributed by atoms with van der Waals surface area (Å²) in [6.07, 6.45) is 7.77. The standard InChI is InChI=1S/C21H27NO/c1-2-7-18(8-3-1)17-19-11-13-21(14-12-19)23-16-6-15-22-20-9-4-5-10-20/h1-3,7-8,11-14,20,22H,4-6,9-10,15-17H2/p+1. The summed E-state index contributed by atoms with van der Waals surface area (Å²) in [5, 5.41) is 2.51. The van der Waals surface area contributed by atoms with Crippen LogP contribution in [0, 0.1) is 0 Å². The van der Waals surface area contributed by atoms with Gasteiger partial charge in [-0.15, -0.1) is 0 Å². The molecule has 0 heterocycles. The van der Waals surface area contributed by atoms with Gasteiger partial charge in [-0.25, -0.2) is 0 Å². The zero-order valence-corrected chi connectivity index (χ0v) is 13.9. The zero-order chi connectivity index (χ0) is 15.7. The fourth-order valence-corrected chi connectivity index (χ4v) is 3.36. The van der Waals surface area contributed by atoms with Crippen molar-refractivity contribution in [3.8, 4) is 5.75 Å². The topological polar surface area (TPSA) is 25.8 Å². The van der Waals surface area contributed by atoms with Crippen molar-refractivity contribution in [3.63, 3.8) is 0 Å². The maximum Gasteiger partial charge on any atom is 0.119 e. The number of benzene rings is 2. The molecule has 3 rings (SSSR count). The monoisotopic (exact) mass is 310 g/mol. The maximum absolute atomic E-state index is 5.86. The van der Waals surface area contributed by atoms with Gasteiger partial charge in [0.05, 0.1) is 19.2 Å². The number of rotatable bonds is 8. The van der Waals surface area contributed by atoms with Crippen LogP contribution in [0.3, 0.4) is 0 Å². The second kappa shape index (κ2) is 8.73. The van der Waals surface area contributed by atoms with Gasteiger partial charge in [0.25, 0.3) is 0 Å². The van der Waals surface area contributed by atoms with Gasteiger partial charge in [-0.3, -0.25) is 0 Å². The lowest BCUT2D eigenvalue weighted by Gasteiger charge is -2.10. The van der Waals surface area contributed by atoms with E-state index in [1.807, 2.05) is 0 Å². The van der Waals surface area contributed by atoms with Crippen LogP contribution < -0.4 is 10.1 Å². The summed E-state index contributed by atoms with van der Waals surface area (Å²) in [5.74, 6) is 0.989. The maximum atomic E-state index is 5.86. The molecule has 2 aromatic carbocycles. The molecule has 0 saturated heterocycles. The molecule has 2 heteroatoms. The van der Waals surface area contributed by atoms with Gasteiger partial charge in [0.2, 0.25) is 0 Å². The second-order valence-corrected chi connectivity index (χ2v) is 6.58. The minimum Gasteiger partial charge on any atom is -0.493 e. The Labute approximate surface area is 139 Å². The Morgan fingerprint density at radius 2 is 1.57 bits per heavy atom. The Hall–Kier alpha value is -1.80. The molecule has 2 nitrogen and oxygen atoms in total. The van der Waals surface area contributed by atoms with E-state index in [0.717, 1.165) is 31.2 Å². The SMILES string of the molecule is c1ccc(Cc2ccc(OCCC[NH2+]C3CCCC3)cc2)cc1. The summed E-state index contributed by atoms with van der Waals surface area (Å²) in [4.78, 5) is 0. The molecule has 0 radical (unpaired) electrons. The van der Waals surface area contributed by atoms with Crippen LogP contribution >= 0.6 is 0 Å². The van der Waals surface area contributed by atoms with Crippen LogP contribution in [-0.4, -0.2) is 19.2 Å². The van der Waals surface area contributed by atoms with Crippen molar-refractivity contribution in [3.05, 3.63) is 65.7 Å². The van der Waals surface area contributed by atoms with Crippen molar-refractivity contribution >= 4 is 0 Å². The quantitative estimate of drug-likeness (QED) is 0.741. The van der Waals surface area contributed by atoms with E-state index >= 15 is 0 Å². The molecule has 2 aromatic rings. The van der Waals surface area contributed by atoms with E-state index in [4.69, 9.17) is 4.74 Å². The van der Waals surface area contributed by atoms with E-state index in [2.05, 4.69) is 59.9 Å². The number of nitrogens with two attached hydrogens (primary N) is 1. The number of quaternary nitrogens is 1. The Kier molecular flexibility index (Phi) is 6.10. The summed E-state index contributed by atoms with van der Waals surface area (Å²) in [7, 11) is 0. The van der Waals surface area contributed by atoms with Gasteiger partial charge >= 0.3 is 0 Å². The average molecular weight is 310 g/mol. The highest BCUT2D eigenvalue weighted by atomic mass is 16.5. The first-order valence-electron chi connectivity index (χ1n) is 8.99. The van der Waals surface area contributed by atoms with E-state index in [1.165, 1.54) is 43.4 Å². The summed E-state index contributed by atoms with van der Waals surface area (Å²) in [6, 6.07) is 20.0. The van der Waals surface area contributed by atoms with Crippen LogP contribution in [0.25, 0.3) is 0 Å². The highest BCUT2D eigenvalue weighted by Gasteiger charge is 2.16. The number of ether oxygens (including phenoxy) is 1. The first-order valence-corrected chi connectivity index (χ1v) is 8.99. The molecule has 0 bridgehead atoms. The number of hydrogen-bond acceptors (Lipinski definition) is 1. The normalized spacial score (nSPS) is 15.0. The Bertz CT molecular complexity index is 558. The number of hydrogen-bond donors (Lipinski definition) is 1. The third-order valence-corrected chi connectivity index (χ3v) is 4.69. The summed E-state index contributed by atoms with van der Waals surface area (Å²) < 4.78 is 5.86. The van der Waals surface area contributed by atoms with Gasteiger partial charge in [0.15, 0.2) is 0 Å². The van der Waals surface area contributed by atoms with Crippen LogP contribution in [0.4, 0.5) is 0 Å². The largest absolute Gasteiger partial charge is 0.493 e. The Morgan fingerprint density at radius 3 is 2.30 bits per heavy atom. The minimum absolute atomic E-state index is 0.821. The van der Waals surface area contributed by atoms with Crippen molar-refractivity contribution in [1.82, 2.24) is 0 Å². The molecule has 122 valence electrons. The fourth-order valence-electron chi connectivity index (χ4n) is 3.36. The molecule has 0 unspecified atom stereocenters. The molecule has 2 N–H and O–H groups in total. The van der Waals surface area contributed by atoms with Gasteiger partial charge in [0, 0.05) is 6.42 Å². The average Bonchev–Trinajstić information content (AvgIpc) is 3.10.